The van der Waals surface area contributed by atoms with Crippen molar-refractivity contribution >= 4 is 28.9 Å². The third-order valence-corrected chi connectivity index (χ3v) is 13.4. The molecule has 3 aliphatic heterocycles. The quantitative estimate of drug-likeness (QED) is 0.0373. The molecule has 3 unspecified atom stereocenters. The number of aliphatic hydroxyl groups is 1. The van der Waals surface area contributed by atoms with E-state index in [0.717, 1.165) is 81.3 Å². The van der Waals surface area contributed by atoms with Crippen LogP contribution in [0.4, 0.5) is 4.79 Å². The summed E-state index contributed by atoms with van der Waals surface area (Å²) < 4.78 is 17.8. The van der Waals surface area contributed by atoms with E-state index in [1.165, 1.54) is 12.1 Å². The summed E-state index contributed by atoms with van der Waals surface area (Å²) in [7, 11) is 0. The van der Waals surface area contributed by atoms with Gasteiger partial charge in [0.15, 0.2) is 0 Å². The Labute approximate surface area is 385 Å². The van der Waals surface area contributed by atoms with E-state index in [2.05, 4.69) is 25.8 Å². The van der Waals surface area contributed by atoms with E-state index in [1.54, 1.807) is 24.3 Å². The van der Waals surface area contributed by atoms with Crippen LogP contribution < -0.4 is 26.2 Å². The zero-order valence-corrected chi connectivity index (χ0v) is 37.3. The Morgan fingerprint density at radius 3 is 2.36 bits per heavy atom. The molecule has 3 atom stereocenters. The number of rotatable bonds is 19. The molecular weight excluding hydrogens is 839 g/mol. The average Bonchev–Trinajstić information content (AvgIpc) is 3.35. The molecule has 2 amide bonds. The van der Waals surface area contributed by atoms with Gasteiger partial charge in [-0.15, -0.1) is 0 Å². The number of aliphatic hydroxyl groups excluding tert-OH is 1. The van der Waals surface area contributed by atoms with Crippen molar-refractivity contribution in [3.8, 4) is 11.5 Å². The maximum atomic E-state index is 13.3. The summed E-state index contributed by atoms with van der Waals surface area (Å²) in [4.78, 5) is 55.8. The van der Waals surface area contributed by atoms with Gasteiger partial charge in [0.25, 0.3) is 5.91 Å². The second-order valence-corrected chi connectivity index (χ2v) is 17.9. The number of fused-ring (bicyclic) bond motifs is 4. The monoisotopic (exact) mass is 899 g/mol. The van der Waals surface area contributed by atoms with Gasteiger partial charge >= 0.3 is 12.1 Å². The van der Waals surface area contributed by atoms with Crippen molar-refractivity contribution in [1.29, 1.82) is 0 Å². The molecule has 4 heterocycles. The number of carbonyl (C=O) groups is 3. The van der Waals surface area contributed by atoms with Crippen LogP contribution in [0.25, 0.3) is 10.9 Å². The van der Waals surface area contributed by atoms with Crippen LogP contribution in [0.3, 0.4) is 0 Å². The molecule has 1 aromatic heterocycles. The van der Waals surface area contributed by atoms with Crippen LogP contribution in [-0.4, -0.2) is 90.0 Å². The number of nitrogens with one attached hydrogen (secondary N) is 4. The number of H-pyrrole nitrogens is 1. The Kier molecular flexibility index (Phi) is 15.7. The number of aromatic amines is 1. The first-order valence-electron chi connectivity index (χ1n) is 23.4. The Morgan fingerprint density at radius 2 is 1.61 bits per heavy atom. The summed E-state index contributed by atoms with van der Waals surface area (Å²) in [6.07, 6.45) is 5.37. The molecule has 0 spiro atoms. The minimum absolute atomic E-state index is 0.0514. The molecule has 4 aliphatic rings. The summed E-state index contributed by atoms with van der Waals surface area (Å²) in [5, 5.41) is 30.8. The van der Waals surface area contributed by atoms with Crippen LogP contribution in [0.15, 0.2) is 108 Å². The van der Waals surface area contributed by atoms with Gasteiger partial charge in [0.05, 0.1) is 30.2 Å². The van der Waals surface area contributed by atoms with Crippen LogP contribution in [0.1, 0.15) is 96.1 Å². The predicted octanol–water partition coefficient (Wildman–Crippen LogP) is 6.91. The number of carbonyl (C=O) groups excluding carboxylic acids is 3. The van der Waals surface area contributed by atoms with Crippen molar-refractivity contribution in [3.63, 3.8) is 0 Å². The van der Waals surface area contributed by atoms with Crippen molar-refractivity contribution in [1.82, 2.24) is 25.8 Å². The summed E-state index contributed by atoms with van der Waals surface area (Å²) in [5.41, 5.74) is 3.87. The Balaban J connectivity index is 0.712. The number of nitrogens with zero attached hydrogens (tertiary/aromatic N) is 1. The standard InChI is InChI=1S/C52H61N5O9/c58-44-21-19-42(43-20-22-47(60)55-49(43)44)45(59)31-53-25-4-5-28-64-51(62)39-17-11-34(12-18-39)30-54-50(61)38-15-13-35(14-16-38)33-65-41-10-6-9-40(29-41)48(37-7-2-1-3-8-37)56-52(63)66-46-32-57-26-23-36(46)24-27-57/h1-3,6-10,13-16,19-22,29,34,36,39,45-46,48,53,58-59H,4-5,11-12,17-18,23-28,30-33H2,(H,54,61)(H,55,60)(H,56,63). The highest BCUT2D eigenvalue weighted by molar-refractivity contribution is 5.94. The number of piperidine rings is 3. The first-order chi connectivity index (χ1) is 32.2. The fourth-order valence-electron chi connectivity index (χ4n) is 9.52. The second kappa shape index (κ2) is 22.3. The lowest BCUT2D eigenvalue weighted by Crippen LogP contribution is -2.52. The van der Waals surface area contributed by atoms with E-state index < -0.39 is 18.2 Å². The van der Waals surface area contributed by atoms with Crippen LogP contribution in [0, 0.1) is 17.8 Å². The number of phenolic OH excluding ortho intramolecular Hbond substituents is 1. The van der Waals surface area contributed by atoms with E-state index in [-0.39, 0.29) is 41.1 Å². The smallest absolute Gasteiger partial charge is 0.408 e. The molecular formula is C52H61N5O9. The summed E-state index contributed by atoms with van der Waals surface area (Å²) in [6, 6.07) is 30.6. The number of aromatic hydroxyl groups is 1. The number of ether oxygens (including phenoxy) is 3. The topological polar surface area (TPSA) is 192 Å². The lowest BCUT2D eigenvalue weighted by atomic mass is 9.82. The number of esters is 1. The van der Waals surface area contributed by atoms with Gasteiger partial charge in [-0.05, 0) is 141 Å². The minimum Gasteiger partial charge on any atom is -0.506 e. The third kappa shape index (κ3) is 12.2. The Hall–Kier alpha value is -6.22. The van der Waals surface area contributed by atoms with Gasteiger partial charge in [0.2, 0.25) is 5.56 Å². The zero-order valence-electron chi connectivity index (χ0n) is 37.3. The van der Waals surface area contributed by atoms with Crippen LogP contribution in [-0.2, 0) is 20.9 Å². The maximum Gasteiger partial charge on any atom is 0.408 e. The molecule has 66 heavy (non-hydrogen) atoms. The number of unbranched alkanes of at least 4 members (excludes halogenated alkanes) is 1. The molecule has 4 fully saturated rings. The predicted molar refractivity (Wildman–Crippen MR) is 250 cm³/mol. The number of alkyl carbamates (subject to hydrolysis) is 1. The van der Waals surface area contributed by atoms with E-state index in [4.69, 9.17) is 14.2 Å². The largest absolute Gasteiger partial charge is 0.506 e. The Bertz CT molecular complexity index is 2460. The fourth-order valence-corrected chi connectivity index (χ4v) is 9.52. The fraction of sp³-hybridized carbons (Fsp3) is 0.423. The van der Waals surface area contributed by atoms with E-state index in [1.807, 2.05) is 66.7 Å². The molecule has 9 rings (SSSR count). The number of benzene rings is 4. The highest BCUT2D eigenvalue weighted by Gasteiger charge is 2.37. The number of pyridine rings is 1. The molecule has 1 aliphatic carbocycles. The summed E-state index contributed by atoms with van der Waals surface area (Å²) in [5.74, 6) is 0.873. The van der Waals surface area contributed by atoms with E-state index >= 15 is 0 Å². The van der Waals surface area contributed by atoms with E-state index in [0.29, 0.717) is 73.0 Å². The molecule has 2 bridgehead atoms. The molecule has 3 saturated heterocycles. The Morgan fingerprint density at radius 1 is 0.833 bits per heavy atom. The number of hydrogen-bond acceptors (Lipinski definition) is 11. The number of hydrogen-bond donors (Lipinski definition) is 6. The maximum absolute atomic E-state index is 13.3. The van der Waals surface area contributed by atoms with Gasteiger partial charge in [-0.3, -0.25) is 19.3 Å². The van der Waals surface area contributed by atoms with E-state index in [9.17, 15) is 29.4 Å². The molecule has 14 heteroatoms. The zero-order chi connectivity index (χ0) is 45.8. The number of phenols is 1. The van der Waals surface area contributed by atoms with Crippen LogP contribution >= 0.6 is 0 Å². The highest BCUT2D eigenvalue weighted by atomic mass is 16.6. The number of amides is 2. The third-order valence-electron chi connectivity index (χ3n) is 13.4. The van der Waals surface area contributed by atoms with Gasteiger partial charge in [0.1, 0.15) is 24.2 Å². The number of aromatic nitrogens is 1. The van der Waals surface area contributed by atoms with Crippen molar-refractivity contribution < 1.29 is 38.8 Å². The first-order valence-corrected chi connectivity index (χ1v) is 23.4. The van der Waals surface area contributed by atoms with Gasteiger partial charge < -0.3 is 45.4 Å². The summed E-state index contributed by atoms with van der Waals surface area (Å²) in [6.45, 7) is 5.05. The molecule has 4 aromatic carbocycles. The van der Waals surface area contributed by atoms with Gasteiger partial charge in [-0.2, -0.15) is 0 Å². The second-order valence-electron chi connectivity index (χ2n) is 17.9. The van der Waals surface area contributed by atoms with Crippen molar-refractivity contribution in [2.75, 3.05) is 45.9 Å². The highest BCUT2D eigenvalue weighted by Crippen LogP contribution is 2.32. The van der Waals surface area contributed by atoms with Gasteiger partial charge in [-0.1, -0.05) is 60.7 Å². The lowest BCUT2D eigenvalue weighted by molar-refractivity contribution is -0.150. The van der Waals surface area contributed by atoms with Crippen LogP contribution in [0.2, 0.25) is 0 Å². The van der Waals surface area contributed by atoms with Crippen molar-refractivity contribution in [2.45, 2.75) is 76.2 Å². The molecule has 6 N–H and O–H groups in total. The molecule has 1 saturated carbocycles. The van der Waals surface area contributed by atoms with Crippen molar-refractivity contribution in [2.24, 2.45) is 17.8 Å². The minimum atomic E-state index is -0.834. The van der Waals surface area contributed by atoms with Crippen LogP contribution in [0.5, 0.6) is 11.5 Å². The van der Waals surface area contributed by atoms with Gasteiger partial charge in [-0.25, -0.2) is 4.79 Å². The average molecular weight is 900 g/mol. The van der Waals surface area contributed by atoms with Gasteiger partial charge in [0, 0.05) is 36.7 Å². The van der Waals surface area contributed by atoms with Crippen molar-refractivity contribution in [3.05, 3.63) is 141 Å². The molecule has 0 radical (unpaired) electrons. The molecule has 5 aromatic rings. The lowest BCUT2D eigenvalue weighted by Gasteiger charge is -2.43. The normalized spacial score (nSPS) is 21.1. The first kappa shape index (κ1) is 46.3. The summed E-state index contributed by atoms with van der Waals surface area (Å²) >= 11 is 0. The molecule has 14 nitrogen and oxygen atoms in total. The molecule has 348 valence electrons. The SMILES string of the molecule is O=C(NC(c1ccccc1)c1cccc(OCc2ccc(C(=O)NCC3CCC(C(=O)OCCCCNCC(O)c4ccc(O)c5[nH]c(=O)ccc45)CC3)cc2)c1)OC1CN2CCC1CC2.